The van der Waals surface area contributed by atoms with Crippen molar-refractivity contribution in [2.45, 2.75) is 26.4 Å². The number of anilines is 1. The number of hydrogen-bond donors (Lipinski definition) is 2. The minimum atomic E-state index is -0.674. The first kappa shape index (κ1) is 19.0. The number of rotatable bonds is 7. The molecule has 134 valence electrons. The molecule has 1 aromatic heterocycles. The van der Waals surface area contributed by atoms with Crippen molar-refractivity contribution in [1.82, 2.24) is 9.97 Å². The summed E-state index contributed by atoms with van der Waals surface area (Å²) in [5.74, 6) is 6.20. The van der Waals surface area contributed by atoms with Gasteiger partial charge in [0.1, 0.15) is 13.3 Å². The molecule has 1 aromatic carbocycles. The number of aromatic nitrogens is 2. The summed E-state index contributed by atoms with van der Waals surface area (Å²) < 4.78 is 18.4. The topological polar surface area (TPSA) is 90.3 Å². The van der Waals surface area contributed by atoms with Gasteiger partial charge in [0.05, 0.1) is 17.1 Å². The number of hydrogen-bond acceptors (Lipinski definition) is 6. The number of alkyl halides is 1. The van der Waals surface area contributed by atoms with E-state index in [4.69, 9.17) is 27.9 Å². The molecule has 0 amide bonds. The molecule has 4 N–H and O–H groups in total. The van der Waals surface area contributed by atoms with Gasteiger partial charge in [-0.15, -0.1) is 0 Å². The Kier molecular flexibility index (Phi) is 6.55. The quantitative estimate of drug-likeness (QED) is 0.578. The van der Waals surface area contributed by atoms with Gasteiger partial charge in [0.2, 0.25) is 0 Å². The lowest BCUT2D eigenvalue weighted by Gasteiger charge is -2.16. The van der Waals surface area contributed by atoms with Crippen LogP contribution in [0, 0.1) is 0 Å². The van der Waals surface area contributed by atoms with Crippen molar-refractivity contribution in [2.75, 3.05) is 11.6 Å². The van der Waals surface area contributed by atoms with Gasteiger partial charge in [0.25, 0.3) is 0 Å². The molecule has 0 radical (unpaired) electrons. The summed E-state index contributed by atoms with van der Waals surface area (Å²) in [5, 5.41) is 1.63. The highest BCUT2D eigenvalue weighted by Crippen LogP contribution is 2.23. The smallest absolute Gasteiger partial charge is 0.316 e. The average Bonchev–Trinajstić information content (AvgIpc) is 2.60. The third-order valence-corrected chi connectivity index (χ3v) is 3.76. The number of ether oxygens (including phenoxy) is 1. The van der Waals surface area contributed by atoms with Crippen molar-refractivity contribution < 1.29 is 9.13 Å². The molecule has 0 unspecified atom stereocenters. The second-order valence-corrected chi connectivity index (χ2v) is 6.14. The molecule has 0 aliphatic heterocycles. The normalized spacial score (nSPS) is 11.7. The minimum absolute atomic E-state index is 0.0683. The predicted octanol–water partition coefficient (Wildman–Crippen LogP) is 3.28. The van der Waals surface area contributed by atoms with Crippen LogP contribution in [-0.2, 0) is 6.67 Å². The molecule has 0 saturated carbocycles. The van der Waals surface area contributed by atoms with Crippen LogP contribution in [0.15, 0.2) is 42.4 Å². The summed E-state index contributed by atoms with van der Waals surface area (Å²) in [6.45, 7) is 3.46. The Balaban J connectivity index is 2.02. The Labute approximate surface area is 151 Å². The van der Waals surface area contributed by atoms with Crippen LogP contribution in [0.1, 0.15) is 31.0 Å². The lowest BCUT2D eigenvalue weighted by molar-refractivity contribution is 0.320. The molecule has 0 aliphatic carbocycles. The van der Waals surface area contributed by atoms with E-state index in [-0.39, 0.29) is 18.5 Å². The van der Waals surface area contributed by atoms with Crippen LogP contribution >= 0.6 is 11.6 Å². The van der Waals surface area contributed by atoms with E-state index < -0.39 is 6.67 Å². The highest BCUT2D eigenvalue weighted by Gasteiger charge is 2.07. The molecule has 1 heterocycles. The number of nitrogens with zero attached hydrogens (tertiary/aromatic N) is 3. The van der Waals surface area contributed by atoms with Gasteiger partial charge < -0.3 is 10.5 Å². The molecule has 0 aliphatic rings. The zero-order valence-electron chi connectivity index (χ0n) is 14.1. The molecule has 6 nitrogen and oxygen atoms in total. The SMILES string of the molecule is CC(C)c1ccnc(OC/C(N)=C/N(N)c2ccc(Cl)c(CF)c2)n1. The van der Waals surface area contributed by atoms with E-state index in [1.807, 2.05) is 19.9 Å². The zero-order chi connectivity index (χ0) is 18.4. The van der Waals surface area contributed by atoms with Crippen molar-refractivity contribution in [3.05, 3.63) is 58.6 Å². The van der Waals surface area contributed by atoms with E-state index in [1.165, 1.54) is 11.2 Å². The monoisotopic (exact) mass is 365 g/mol. The van der Waals surface area contributed by atoms with Crippen molar-refractivity contribution >= 4 is 17.3 Å². The summed E-state index contributed by atoms with van der Waals surface area (Å²) in [5.41, 5.74) is 8.07. The number of hydrazine groups is 1. The van der Waals surface area contributed by atoms with Gasteiger partial charge in [-0.1, -0.05) is 25.4 Å². The maximum Gasteiger partial charge on any atom is 0.316 e. The first-order valence-corrected chi connectivity index (χ1v) is 8.08. The average molecular weight is 366 g/mol. The van der Waals surface area contributed by atoms with Crippen molar-refractivity contribution in [1.29, 1.82) is 0 Å². The Morgan fingerprint density at radius 1 is 1.40 bits per heavy atom. The van der Waals surface area contributed by atoms with E-state index in [2.05, 4.69) is 9.97 Å². The van der Waals surface area contributed by atoms with Gasteiger partial charge >= 0.3 is 6.01 Å². The maximum absolute atomic E-state index is 12.9. The fourth-order valence-corrected chi connectivity index (χ4v) is 2.18. The highest BCUT2D eigenvalue weighted by molar-refractivity contribution is 6.31. The Morgan fingerprint density at radius 2 is 2.16 bits per heavy atom. The van der Waals surface area contributed by atoms with Gasteiger partial charge in [0.15, 0.2) is 0 Å². The predicted molar refractivity (Wildman–Crippen MR) is 96.8 cm³/mol. The third kappa shape index (κ3) is 5.30. The summed E-state index contributed by atoms with van der Waals surface area (Å²) >= 11 is 5.89. The van der Waals surface area contributed by atoms with Crippen LogP contribution in [0.2, 0.25) is 5.02 Å². The highest BCUT2D eigenvalue weighted by atomic mass is 35.5. The maximum atomic E-state index is 12.9. The molecule has 8 heteroatoms. The van der Waals surface area contributed by atoms with Gasteiger partial charge in [-0.3, -0.25) is 5.01 Å². The zero-order valence-corrected chi connectivity index (χ0v) is 14.9. The van der Waals surface area contributed by atoms with E-state index in [0.29, 0.717) is 22.0 Å². The standard InChI is InChI=1S/C17H21ClFN5O/c1-11(2)16-5-6-22-17(23-16)25-10-13(20)9-24(21)14-3-4-15(18)12(7-14)8-19/h3-7,9,11H,8,10,20-21H2,1-2H3/b13-9-. The molecule has 2 rings (SSSR count). The summed E-state index contributed by atoms with van der Waals surface area (Å²) in [6, 6.07) is 6.89. The van der Waals surface area contributed by atoms with E-state index >= 15 is 0 Å². The fourth-order valence-electron chi connectivity index (χ4n) is 2.01. The molecule has 0 fully saturated rings. The molecule has 0 bridgehead atoms. The van der Waals surface area contributed by atoms with Crippen LogP contribution in [-0.4, -0.2) is 16.6 Å². The molecular weight excluding hydrogens is 345 g/mol. The van der Waals surface area contributed by atoms with E-state index in [0.717, 1.165) is 5.69 Å². The van der Waals surface area contributed by atoms with Gasteiger partial charge in [-0.2, -0.15) is 4.98 Å². The van der Waals surface area contributed by atoms with Crippen LogP contribution in [0.4, 0.5) is 10.1 Å². The van der Waals surface area contributed by atoms with E-state index in [9.17, 15) is 4.39 Å². The Hall–Kier alpha value is -2.38. The molecule has 0 atom stereocenters. The van der Waals surface area contributed by atoms with Crippen molar-refractivity contribution in [3.8, 4) is 6.01 Å². The molecule has 25 heavy (non-hydrogen) atoms. The Morgan fingerprint density at radius 3 is 2.84 bits per heavy atom. The molecule has 0 spiro atoms. The number of benzene rings is 1. The largest absolute Gasteiger partial charge is 0.457 e. The second-order valence-electron chi connectivity index (χ2n) is 5.73. The fraction of sp³-hybridized carbons (Fsp3) is 0.294. The van der Waals surface area contributed by atoms with Crippen LogP contribution in [0.25, 0.3) is 0 Å². The van der Waals surface area contributed by atoms with Crippen LogP contribution in [0.3, 0.4) is 0 Å². The number of halogens is 2. The summed E-state index contributed by atoms with van der Waals surface area (Å²) in [7, 11) is 0. The molecule has 2 aromatic rings. The van der Waals surface area contributed by atoms with Crippen molar-refractivity contribution in [2.24, 2.45) is 11.6 Å². The summed E-state index contributed by atoms with van der Waals surface area (Å²) in [6.07, 6.45) is 3.12. The molecule has 0 saturated heterocycles. The van der Waals surface area contributed by atoms with Gasteiger partial charge in [0, 0.05) is 23.0 Å². The van der Waals surface area contributed by atoms with E-state index in [1.54, 1.807) is 24.4 Å². The second kappa shape index (κ2) is 8.64. The van der Waals surface area contributed by atoms with Crippen molar-refractivity contribution in [3.63, 3.8) is 0 Å². The van der Waals surface area contributed by atoms with Gasteiger partial charge in [-0.25, -0.2) is 15.2 Å². The lowest BCUT2D eigenvalue weighted by Crippen LogP contribution is -2.27. The third-order valence-electron chi connectivity index (χ3n) is 3.39. The number of nitrogens with two attached hydrogens (primary N) is 2. The first-order chi connectivity index (χ1) is 11.9. The van der Waals surface area contributed by atoms with Gasteiger partial charge in [-0.05, 0) is 30.2 Å². The minimum Gasteiger partial charge on any atom is -0.457 e. The summed E-state index contributed by atoms with van der Waals surface area (Å²) in [4.78, 5) is 8.34. The first-order valence-electron chi connectivity index (χ1n) is 7.71. The Bertz CT molecular complexity index is 754. The van der Waals surface area contributed by atoms with Crippen LogP contribution < -0.4 is 21.3 Å². The van der Waals surface area contributed by atoms with Crippen LogP contribution in [0.5, 0.6) is 6.01 Å². The molecular formula is C17H21ClFN5O. The lowest BCUT2D eigenvalue weighted by atomic mass is 10.1.